The van der Waals surface area contributed by atoms with Crippen molar-refractivity contribution >= 4 is 5.97 Å². The van der Waals surface area contributed by atoms with E-state index in [1.807, 2.05) is 18.3 Å². The van der Waals surface area contributed by atoms with Crippen LogP contribution < -0.4 is 0 Å². The number of carbonyl (C=O) groups excluding carboxylic acids is 1. The molecule has 4 heteroatoms. The zero-order valence-electron chi connectivity index (χ0n) is 9.52. The van der Waals surface area contributed by atoms with Crippen LogP contribution in [0.4, 0.5) is 0 Å². The highest BCUT2D eigenvalue weighted by atomic mass is 16.5. The van der Waals surface area contributed by atoms with Crippen molar-refractivity contribution in [1.82, 2.24) is 4.98 Å². The molecule has 1 aromatic heterocycles. The minimum absolute atomic E-state index is 0.184. The van der Waals surface area contributed by atoms with Crippen molar-refractivity contribution in [2.24, 2.45) is 0 Å². The molecule has 0 saturated carbocycles. The van der Waals surface area contributed by atoms with Crippen molar-refractivity contribution in [3.63, 3.8) is 0 Å². The van der Waals surface area contributed by atoms with Crippen LogP contribution in [0.2, 0.25) is 0 Å². The monoisotopic (exact) mass is 223 g/mol. The number of rotatable bonds is 7. The van der Waals surface area contributed by atoms with Gasteiger partial charge in [0.1, 0.15) is 0 Å². The molecule has 0 fully saturated rings. The van der Waals surface area contributed by atoms with Crippen molar-refractivity contribution in [2.45, 2.75) is 19.3 Å². The molecule has 0 N–H and O–H groups in total. The van der Waals surface area contributed by atoms with Crippen LogP contribution in [0, 0.1) is 0 Å². The van der Waals surface area contributed by atoms with E-state index in [4.69, 9.17) is 4.74 Å². The first-order valence-corrected chi connectivity index (χ1v) is 5.36. The fraction of sp³-hybridized carbons (Fsp3) is 0.500. The normalized spacial score (nSPS) is 10.1. The first kappa shape index (κ1) is 12.6. The van der Waals surface area contributed by atoms with E-state index in [1.165, 1.54) is 7.11 Å². The lowest BCUT2D eigenvalue weighted by Gasteiger charge is -2.03. The quantitative estimate of drug-likeness (QED) is 0.520. The zero-order chi connectivity index (χ0) is 11.6. The number of ether oxygens (including phenoxy) is 2. The van der Waals surface area contributed by atoms with Gasteiger partial charge in [-0.25, -0.2) is 0 Å². The van der Waals surface area contributed by atoms with Crippen molar-refractivity contribution in [2.75, 3.05) is 20.3 Å². The van der Waals surface area contributed by atoms with Gasteiger partial charge in [-0.3, -0.25) is 9.78 Å². The molecule has 88 valence electrons. The number of methoxy groups -OCH3 is 1. The SMILES string of the molecule is COC(=O)CCCOCCc1cccnc1. The minimum Gasteiger partial charge on any atom is -0.469 e. The largest absolute Gasteiger partial charge is 0.469 e. The van der Waals surface area contributed by atoms with E-state index in [0.29, 0.717) is 26.1 Å². The Morgan fingerprint density at radius 1 is 1.44 bits per heavy atom. The lowest BCUT2D eigenvalue weighted by Crippen LogP contribution is -2.05. The van der Waals surface area contributed by atoms with Crippen molar-refractivity contribution in [3.8, 4) is 0 Å². The second-order valence-electron chi connectivity index (χ2n) is 3.40. The van der Waals surface area contributed by atoms with Crippen LogP contribution in [-0.4, -0.2) is 31.3 Å². The Labute approximate surface area is 95.6 Å². The molecule has 0 unspecified atom stereocenters. The van der Waals surface area contributed by atoms with E-state index in [0.717, 1.165) is 12.0 Å². The summed E-state index contributed by atoms with van der Waals surface area (Å²) in [6.45, 7) is 1.25. The highest BCUT2D eigenvalue weighted by Crippen LogP contribution is 1.98. The van der Waals surface area contributed by atoms with Crippen LogP contribution in [0.15, 0.2) is 24.5 Å². The van der Waals surface area contributed by atoms with E-state index >= 15 is 0 Å². The summed E-state index contributed by atoms with van der Waals surface area (Å²) in [6.07, 6.45) is 5.56. The van der Waals surface area contributed by atoms with Gasteiger partial charge in [0, 0.05) is 25.4 Å². The van der Waals surface area contributed by atoms with Crippen molar-refractivity contribution in [1.29, 1.82) is 0 Å². The maximum Gasteiger partial charge on any atom is 0.305 e. The van der Waals surface area contributed by atoms with Crippen molar-refractivity contribution in [3.05, 3.63) is 30.1 Å². The maximum atomic E-state index is 10.8. The summed E-state index contributed by atoms with van der Waals surface area (Å²) in [5.41, 5.74) is 1.16. The molecule has 1 aromatic rings. The van der Waals surface area contributed by atoms with E-state index in [-0.39, 0.29) is 5.97 Å². The first-order valence-electron chi connectivity index (χ1n) is 5.36. The summed E-state index contributed by atoms with van der Waals surface area (Å²) in [7, 11) is 1.39. The van der Waals surface area contributed by atoms with Crippen LogP contribution >= 0.6 is 0 Å². The number of carbonyl (C=O) groups is 1. The van der Waals surface area contributed by atoms with Gasteiger partial charge in [-0.05, 0) is 24.5 Å². The molecule has 0 aliphatic heterocycles. The molecule has 0 amide bonds. The summed E-state index contributed by atoms with van der Waals surface area (Å²) in [5.74, 6) is -0.184. The number of nitrogens with zero attached hydrogens (tertiary/aromatic N) is 1. The van der Waals surface area contributed by atoms with Gasteiger partial charge >= 0.3 is 5.97 Å². The molecule has 0 radical (unpaired) electrons. The third-order valence-electron chi connectivity index (χ3n) is 2.16. The Hall–Kier alpha value is -1.42. The average Bonchev–Trinajstić information content (AvgIpc) is 2.34. The third kappa shape index (κ3) is 5.46. The van der Waals surface area contributed by atoms with Gasteiger partial charge in [0.2, 0.25) is 0 Å². The lowest BCUT2D eigenvalue weighted by atomic mass is 10.2. The standard InChI is InChI=1S/C12H17NO3/c1-15-12(14)5-3-8-16-9-6-11-4-2-7-13-10-11/h2,4,7,10H,3,5-6,8-9H2,1H3. The van der Waals surface area contributed by atoms with E-state index in [2.05, 4.69) is 9.72 Å². The highest BCUT2D eigenvalue weighted by molar-refractivity contribution is 5.68. The summed E-state index contributed by atoms with van der Waals surface area (Å²) >= 11 is 0. The Morgan fingerprint density at radius 3 is 3.00 bits per heavy atom. The molecule has 0 aliphatic rings. The topological polar surface area (TPSA) is 48.4 Å². The van der Waals surface area contributed by atoms with Crippen LogP contribution in [0.25, 0.3) is 0 Å². The van der Waals surface area contributed by atoms with Crippen LogP contribution in [-0.2, 0) is 20.7 Å². The van der Waals surface area contributed by atoms with Gasteiger partial charge in [-0.15, -0.1) is 0 Å². The van der Waals surface area contributed by atoms with E-state index in [1.54, 1.807) is 6.20 Å². The Bertz CT molecular complexity index is 300. The Morgan fingerprint density at radius 2 is 2.31 bits per heavy atom. The smallest absolute Gasteiger partial charge is 0.305 e. The fourth-order valence-corrected chi connectivity index (χ4v) is 1.26. The van der Waals surface area contributed by atoms with Gasteiger partial charge in [-0.2, -0.15) is 0 Å². The maximum absolute atomic E-state index is 10.8. The fourth-order valence-electron chi connectivity index (χ4n) is 1.26. The Balaban J connectivity index is 1.98. The van der Waals surface area contributed by atoms with Gasteiger partial charge in [0.05, 0.1) is 13.7 Å². The molecule has 1 rings (SSSR count). The second kappa shape index (κ2) is 7.82. The highest BCUT2D eigenvalue weighted by Gasteiger charge is 1.99. The number of hydrogen-bond donors (Lipinski definition) is 0. The minimum atomic E-state index is -0.184. The molecule has 0 spiro atoms. The zero-order valence-corrected chi connectivity index (χ0v) is 9.52. The predicted molar refractivity (Wildman–Crippen MR) is 60.0 cm³/mol. The van der Waals surface area contributed by atoms with Gasteiger partial charge in [-0.1, -0.05) is 6.07 Å². The summed E-state index contributed by atoms with van der Waals surface area (Å²) < 4.78 is 9.92. The number of pyridine rings is 1. The number of aromatic nitrogens is 1. The molecule has 16 heavy (non-hydrogen) atoms. The molecule has 0 atom stereocenters. The molecular weight excluding hydrogens is 206 g/mol. The van der Waals surface area contributed by atoms with Gasteiger partial charge in [0.15, 0.2) is 0 Å². The number of esters is 1. The Kier molecular flexibility index (Phi) is 6.18. The first-order chi connectivity index (χ1) is 7.83. The molecule has 0 aliphatic carbocycles. The van der Waals surface area contributed by atoms with Crippen LogP contribution in [0.3, 0.4) is 0 Å². The second-order valence-corrected chi connectivity index (χ2v) is 3.40. The number of hydrogen-bond acceptors (Lipinski definition) is 4. The third-order valence-corrected chi connectivity index (χ3v) is 2.16. The molecule has 4 nitrogen and oxygen atoms in total. The van der Waals surface area contributed by atoms with Gasteiger partial charge in [0.25, 0.3) is 0 Å². The summed E-state index contributed by atoms with van der Waals surface area (Å²) in [4.78, 5) is 14.8. The summed E-state index contributed by atoms with van der Waals surface area (Å²) in [5, 5.41) is 0. The van der Waals surface area contributed by atoms with E-state index < -0.39 is 0 Å². The van der Waals surface area contributed by atoms with Gasteiger partial charge < -0.3 is 9.47 Å². The predicted octanol–water partition coefficient (Wildman–Crippen LogP) is 1.59. The van der Waals surface area contributed by atoms with Crippen molar-refractivity contribution < 1.29 is 14.3 Å². The molecule has 0 aromatic carbocycles. The van der Waals surface area contributed by atoms with Crippen LogP contribution in [0.1, 0.15) is 18.4 Å². The molecule has 0 bridgehead atoms. The lowest BCUT2D eigenvalue weighted by molar-refractivity contribution is -0.141. The molecule has 1 heterocycles. The molecule has 0 saturated heterocycles. The molecular formula is C12H17NO3. The van der Waals surface area contributed by atoms with E-state index in [9.17, 15) is 4.79 Å². The average molecular weight is 223 g/mol. The van der Waals surface area contributed by atoms with Crippen LogP contribution in [0.5, 0.6) is 0 Å². The summed E-state index contributed by atoms with van der Waals surface area (Å²) in [6, 6.07) is 3.93.